The monoisotopic (exact) mass is 429 g/mol. The van der Waals surface area contributed by atoms with Crippen molar-refractivity contribution in [2.45, 2.75) is 17.1 Å². The second kappa shape index (κ2) is 9.49. The van der Waals surface area contributed by atoms with Crippen molar-refractivity contribution in [3.63, 3.8) is 0 Å². The Morgan fingerprint density at radius 3 is 2.43 bits per heavy atom. The van der Waals surface area contributed by atoms with Crippen molar-refractivity contribution in [1.29, 1.82) is 0 Å². The Bertz CT molecular complexity index is 1080. The number of para-hydroxylation sites is 1. The number of nitrogens with one attached hydrogen (secondary N) is 1. The first-order valence-corrected chi connectivity index (χ1v) is 10.8. The molecule has 0 saturated heterocycles. The van der Waals surface area contributed by atoms with Crippen LogP contribution in [0.1, 0.15) is 16.6 Å². The summed E-state index contributed by atoms with van der Waals surface area (Å²) in [5.41, 5.74) is 0.904. The fourth-order valence-corrected chi connectivity index (χ4v) is 4.47. The van der Waals surface area contributed by atoms with E-state index in [1.165, 1.54) is 25.5 Å². The zero-order valence-electron chi connectivity index (χ0n) is 16.7. The summed E-state index contributed by atoms with van der Waals surface area (Å²) >= 11 is 0. The molecule has 158 valence electrons. The third-order valence-electron chi connectivity index (χ3n) is 4.56. The molecule has 3 aromatic rings. The van der Waals surface area contributed by atoms with E-state index >= 15 is 0 Å². The summed E-state index contributed by atoms with van der Waals surface area (Å²) in [5.74, 6) is 0.955. The Labute approximate surface area is 175 Å². The van der Waals surface area contributed by atoms with E-state index in [0.717, 1.165) is 5.56 Å². The normalized spacial score (nSPS) is 12.2. The zero-order valence-corrected chi connectivity index (χ0v) is 17.5. The van der Waals surface area contributed by atoms with Crippen molar-refractivity contribution < 1.29 is 27.1 Å². The third kappa shape index (κ3) is 5.01. The minimum Gasteiger partial charge on any atom is -0.497 e. The van der Waals surface area contributed by atoms with Gasteiger partial charge in [-0.15, -0.1) is 0 Å². The lowest BCUT2D eigenvalue weighted by atomic mass is 10.2. The van der Waals surface area contributed by atoms with Crippen LogP contribution in [0.4, 0.5) is 0 Å². The van der Waals surface area contributed by atoms with Crippen LogP contribution in [0, 0.1) is 6.92 Å². The maximum absolute atomic E-state index is 13.2. The number of ether oxygens (including phenoxy) is 2. The van der Waals surface area contributed by atoms with Crippen molar-refractivity contribution >= 4 is 15.7 Å². The molecule has 0 aliphatic heterocycles. The highest BCUT2D eigenvalue weighted by Gasteiger charge is 2.32. The molecule has 2 aromatic carbocycles. The number of sulfone groups is 1. The van der Waals surface area contributed by atoms with Gasteiger partial charge in [0.05, 0.1) is 18.3 Å². The van der Waals surface area contributed by atoms with Crippen LogP contribution in [-0.4, -0.2) is 34.6 Å². The summed E-state index contributed by atoms with van der Waals surface area (Å²) < 4.78 is 42.3. The Morgan fingerprint density at radius 1 is 1.07 bits per heavy atom. The number of carbonyl (C=O) groups excluding carboxylic acids is 1. The summed E-state index contributed by atoms with van der Waals surface area (Å²) in [6, 6.07) is 16.6. The van der Waals surface area contributed by atoms with Crippen molar-refractivity contribution in [1.82, 2.24) is 5.32 Å². The molecule has 8 heteroatoms. The van der Waals surface area contributed by atoms with Gasteiger partial charge in [-0.3, -0.25) is 4.79 Å². The molecule has 0 unspecified atom stereocenters. The number of benzene rings is 2. The lowest BCUT2D eigenvalue weighted by molar-refractivity contribution is -0.123. The van der Waals surface area contributed by atoms with E-state index in [1.54, 1.807) is 30.3 Å². The van der Waals surface area contributed by atoms with Gasteiger partial charge in [-0.2, -0.15) is 0 Å². The van der Waals surface area contributed by atoms with E-state index in [2.05, 4.69) is 5.32 Å². The summed E-state index contributed by atoms with van der Waals surface area (Å²) in [4.78, 5) is 12.4. The summed E-state index contributed by atoms with van der Waals surface area (Å²) in [5, 5.41) is 1.55. The SMILES string of the molecule is COc1ccc(S(=O)(=O)[C@H](CNC(=O)COc2ccccc2C)c2ccco2)cc1. The number of methoxy groups -OCH3 is 1. The van der Waals surface area contributed by atoms with Crippen LogP contribution in [0.15, 0.2) is 76.2 Å². The van der Waals surface area contributed by atoms with Gasteiger partial charge in [0.25, 0.3) is 5.91 Å². The molecule has 0 aliphatic carbocycles. The van der Waals surface area contributed by atoms with Crippen LogP contribution in [0.25, 0.3) is 0 Å². The Morgan fingerprint density at radius 2 is 1.80 bits per heavy atom. The highest BCUT2D eigenvalue weighted by Crippen LogP contribution is 2.30. The minimum atomic E-state index is -3.82. The molecule has 0 saturated carbocycles. The average molecular weight is 429 g/mol. The Hall–Kier alpha value is -3.26. The number of furan rings is 1. The van der Waals surface area contributed by atoms with Crippen molar-refractivity contribution in [3.05, 3.63) is 78.3 Å². The quantitative estimate of drug-likeness (QED) is 0.561. The molecule has 0 radical (unpaired) electrons. The van der Waals surface area contributed by atoms with Crippen molar-refractivity contribution in [2.24, 2.45) is 0 Å². The van der Waals surface area contributed by atoms with E-state index in [4.69, 9.17) is 13.9 Å². The zero-order chi connectivity index (χ0) is 21.6. The van der Waals surface area contributed by atoms with Gasteiger partial charge in [0.2, 0.25) is 0 Å². The largest absolute Gasteiger partial charge is 0.497 e. The van der Waals surface area contributed by atoms with E-state index in [0.29, 0.717) is 11.5 Å². The fraction of sp³-hybridized carbons (Fsp3) is 0.227. The smallest absolute Gasteiger partial charge is 0.257 e. The first-order chi connectivity index (χ1) is 14.4. The number of carbonyl (C=O) groups is 1. The molecule has 1 amide bonds. The third-order valence-corrected chi connectivity index (χ3v) is 6.64. The van der Waals surface area contributed by atoms with Gasteiger partial charge < -0.3 is 19.2 Å². The fourth-order valence-electron chi connectivity index (χ4n) is 2.89. The summed E-state index contributed by atoms with van der Waals surface area (Å²) in [6.45, 7) is 1.50. The van der Waals surface area contributed by atoms with Crippen LogP contribution in [-0.2, 0) is 14.6 Å². The molecule has 7 nitrogen and oxygen atoms in total. The number of hydrogen-bond donors (Lipinski definition) is 1. The molecular weight excluding hydrogens is 406 g/mol. The maximum atomic E-state index is 13.2. The number of aryl methyl sites for hydroxylation is 1. The number of rotatable bonds is 9. The van der Waals surface area contributed by atoms with Crippen LogP contribution in [0.2, 0.25) is 0 Å². The van der Waals surface area contributed by atoms with Gasteiger partial charge in [0, 0.05) is 6.54 Å². The van der Waals surface area contributed by atoms with Crippen molar-refractivity contribution in [3.8, 4) is 11.5 Å². The lowest BCUT2D eigenvalue weighted by Crippen LogP contribution is -2.34. The molecule has 1 heterocycles. The highest BCUT2D eigenvalue weighted by molar-refractivity contribution is 7.91. The summed E-state index contributed by atoms with van der Waals surface area (Å²) in [7, 11) is -2.32. The molecule has 0 fully saturated rings. The van der Waals surface area contributed by atoms with Gasteiger partial charge in [-0.1, -0.05) is 18.2 Å². The van der Waals surface area contributed by atoms with Gasteiger partial charge in [-0.25, -0.2) is 8.42 Å². The molecule has 0 spiro atoms. The van der Waals surface area contributed by atoms with Gasteiger partial charge in [-0.05, 0) is 55.0 Å². The standard InChI is InChI=1S/C22H23NO6S/c1-16-6-3-4-7-19(16)29-15-22(24)23-14-21(20-8-5-13-28-20)30(25,26)18-11-9-17(27-2)10-12-18/h3-13,21H,14-15H2,1-2H3,(H,23,24)/t21-/m1/s1. The Balaban J connectivity index is 1.71. The number of hydrogen-bond acceptors (Lipinski definition) is 6. The molecule has 1 atom stereocenters. The predicted molar refractivity (Wildman–Crippen MR) is 111 cm³/mol. The highest BCUT2D eigenvalue weighted by atomic mass is 32.2. The average Bonchev–Trinajstić information content (AvgIpc) is 3.27. The van der Waals surface area contributed by atoms with Crippen LogP contribution in [0.5, 0.6) is 11.5 Å². The molecular formula is C22H23NO6S. The molecule has 0 bridgehead atoms. The second-order valence-corrected chi connectivity index (χ2v) is 8.71. The molecule has 1 N–H and O–H groups in total. The Kier molecular flexibility index (Phi) is 6.79. The minimum absolute atomic E-state index is 0.107. The first-order valence-electron chi connectivity index (χ1n) is 9.28. The summed E-state index contributed by atoms with van der Waals surface area (Å²) in [6.07, 6.45) is 1.40. The number of amides is 1. The molecule has 30 heavy (non-hydrogen) atoms. The predicted octanol–water partition coefficient (Wildman–Crippen LogP) is 3.31. The molecule has 1 aromatic heterocycles. The van der Waals surface area contributed by atoms with E-state index in [9.17, 15) is 13.2 Å². The van der Waals surface area contributed by atoms with Crippen LogP contribution < -0.4 is 14.8 Å². The van der Waals surface area contributed by atoms with E-state index < -0.39 is 21.0 Å². The maximum Gasteiger partial charge on any atom is 0.257 e. The molecule has 0 aliphatic rings. The van der Waals surface area contributed by atoms with Crippen LogP contribution >= 0.6 is 0 Å². The van der Waals surface area contributed by atoms with Gasteiger partial charge in [0.1, 0.15) is 22.5 Å². The van der Waals surface area contributed by atoms with Crippen molar-refractivity contribution in [2.75, 3.05) is 20.3 Å². The first kappa shape index (κ1) is 21.4. The van der Waals surface area contributed by atoms with E-state index in [1.807, 2.05) is 25.1 Å². The lowest BCUT2D eigenvalue weighted by Gasteiger charge is -2.17. The topological polar surface area (TPSA) is 94.8 Å². The van der Waals surface area contributed by atoms with E-state index in [-0.39, 0.29) is 23.8 Å². The second-order valence-electron chi connectivity index (χ2n) is 6.58. The molecule has 3 rings (SSSR count). The van der Waals surface area contributed by atoms with Crippen LogP contribution in [0.3, 0.4) is 0 Å². The van der Waals surface area contributed by atoms with Gasteiger partial charge in [0.15, 0.2) is 16.4 Å². The van der Waals surface area contributed by atoms with Gasteiger partial charge >= 0.3 is 0 Å².